The zero-order valence-electron chi connectivity index (χ0n) is 7.27. The first-order valence-corrected chi connectivity index (χ1v) is 3.84. The predicted octanol–water partition coefficient (Wildman–Crippen LogP) is 1.30. The van der Waals surface area contributed by atoms with Crippen molar-refractivity contribution in [2.45, 2.75) is 6.92 Å². The second-order valence-electron chi connectivity index (χ2n) is 2.24. The standard InChI is InChI=1S/C9H9N3O/c1-2-3-6-13-9-8(7-10)4-5-11-12-9/h2-5H,6H2,1H3/b3-2+. The number of hydrogen-bond acceptors (Lipinski definition) is 4. The van der Waals surface area contributed by atoms with Gasteiger partial charge in [0.05, 0.1) is 6.20 Å². The van der Waals surface area contributed by atoms with Crippen LogP contribution < -0.4 is 4.74 Å². The lowest BCUT2D eigenvalue weighted by molar-refractivity contribution is 0.342. The van der Waals surface area contributed by atoms with E-state index >= 15 is 0 Å². The maximum absolute atomic E-state index is 8.66. The summed E-state index contributed by atoms with van der Waals surface area (Å²) in [7, 11) is 0. The van der Waals surface area contributed by atoms with Crippen molar-refractivity contribution in [2.24, 2.45) is 0 Å². The van der Waals surface area contributed by atoms with Crippen molar-refractivity contribution in [2.75, 3.05) is 6.61 Å². The van der Waals surface area contributed by atoms with Crippen molar-refractivity contribution in [3.8, 4) is 11.9 Å². The van der Waals surface area contributed by atoms with E-state index in [-0.39, 0.29) is 5.88 Å². The van der Waals surface area contributed by atoms with E-state index < -0.39 is 0 Å². The molecule has 1 heterocycles. The van der Waals surface area contributed by atoms with E-state index in [1.54, 1.807) is 6.07 Å². The normalized spacial score (nSPS) is 9.85. The lowest BCUT2D eigenvalue weighted by Crippen LogP contribution is -1.99. The molecule has 0 atom stereocenters. The maximum Gasteiger partial charge on any atom is 0.251 e. The third kappa shape index (κ3) is 2.56. The van der Waals surface area contributed by atoms with Gasteiger partial charge in [0, 0.05) is 0 Å². The summed E-state index contributed by atoms with van der Waals surface area (Å²) in [5.74, 6) is 0.281. The van der Waals surface area contributed by atoms with Crippen LogP contribution in [0.5, 0.6) is 5.88 Å². The molecular formula is C9H9N3O. The van der Waals surface area contributed by atoms with Crippen LogP contribution in [0.25, 0.3) is 0 Å². The quantitative estimate of drug-likeness (QED) is 0.650. The van der Waals surface area contributed by atoms with Crippen LogP contribution in [0.4, 0.5) is 0 Å². The molecule has 0 radical (unpaired) electrons. The average Bonchev–Trinajstić information content (AvgIpc) is 2.19. The fourth-order valence-electron chi connectivity index (χ4n) is 0.734. The van der Waals surface area contributed by atoms with Gasteiger partial charge in [0.2, 0.25) is 0 Å². The lowest BCUT2D eigenvalue weighted by Gasteiger charge is -2.01. The zero-order valence-corrected chi connectivity index (χ0v) is 7.27. The molecule has 0 aliphatic heterocycles. The van der Waals surface area contributed by atoms with Gasteiger partial charge in [-0.1, -0.05) is 12.2 Å². The van der Waals surface area contributed by atoms with E-state index in [1.165, 1.54) is 6.20 Å². The summed E-state index contributed by atoms with van der Waals surface area (Å²) in [5, 5.41) is 16.0. The SMILES string of the molecule is C/C=C/COc1nnccc1C#N. The minimum absolute atomic E-state index is 0.281. The van der Waals surface area contributed by atoms with Crippen LogP contribution >= 0.6 is 0 Å². The Bertz CT molecular complexity index is 341. The van der Waals surface area contributed by atoms with Crippen LogP contribution in [-0.2, 0) is 0 Å². The number of aromatic nitrogens is 2. The minimum Gasteiger partial charge on any atom is -0.471 e. The Balaban J connectivity index is 2.71. The van der Waals surface area contributed by atoms with E-state index in [4.69, 9.17) is 10.00 Å². The minimum atomic E-state index is 0.281. The molecule has 0 unspecified atom stereocenters. The molecule has 4 heteroatoms. The summed E-state index contributed by atoms with van der Waals surface area (Å²) in [6, 6.07) is 3.54. The first-order chi connectivity index (χ1) is 6.38. The zero-order chi connectivity index (χ0) is 9.52. The Hall–Kier alpha value is -1.89. The van der Waals surface area contributed by atoms with Gasteiger partial charge in [-0.15, -0.1) is 5.10 Å². The van der Waals surface area contributed by atoms with Crippen molar-refractivity contribution < 1.29 is 4.74 Å². The molecule has 1 rings (SSSR count). The monoisotopic (exact) mass is 175 g/mol. The first-order valence-electron chi connectivity index (χ1n) is 3.84. The van der Waals surface area contributed by atoms with Crippen molar-refractivity contribution in [1.29, 1.82) is 5.26 Å². The second-order valence-corrected chi connectivity index (χ2v) is 2.24. The second kappa shape index (κ2) is 4.88. The van der Waals surface area contributed by atoms with Gasteiger partial charge in [-0.25, -0.2) is 0 Å². The van der Waals surface area contributed by atoms with Crippen molar-refractivity contribution in [1.82, 2.24) is 10.2 Å². The molecule has 0 saturated heterocycles. The first kappa shape index (κ1) is 9.20. The van der Waals surface area contributed by atoms with Crippen LogP contribution in [0.1, 0.15) is 12.5 Å². The van der Waals surface area contributed by atoms with Gasteiger partial charge in [-0.2, -0.15) is 10.4 Å². The van der Waals surface area contributed by atoms with E-state index in [0.29, 0.717) is 12.2 Å². The highest BCUT2D eigenvalue weighted by molar-refractivity contribution is 5.35. The summed E-state index contributed by atoms with van der Waals surface area (Å²) < 4.78 is 5.19. The number of nitriles is 1. The van der Waals surface area contributed by atoms with Crippen molar-refractivity contribution >= 4 is 0 Å². The Morgan fingerprint density at radius 3 is 3.23 bits per heavy atom. The van der Waals surface area contributed by atoms with Gasteiger partial charge in [0.1, 0.15) is 18.2 Å². The molecule has 1 aromatic rings. The Labute approximate surface area is 76.5 Å². The van der Waals surface area contributed by atoms with E-state index in [1.807, 2.05) is 25.1 Å². The van der Waals surface area contributed by atoms with Crippen LogP contribution in [0.2, 0.25) is 0 Å². The molecule has 0 N–H and O–H groups in total. The fourth-order valence-corrected chi connectivity index (χ4v) is 0.734. The Morgan fingerprint density at radius 2 is 2.54 bits per heavy atom. The largest absolute Gasteiger partial charge is 0.471 e. The summed E-state index contributed by atoms with van der Waals surface area (Å²) in [5.41, 5.74) is 0.402. The highest BCUT2D eigenvalue weighted by Crippen LogP contribution is 2.10. The van der Waals surface area contributed by atoms with Gasteiger partial charge in [-0.3, -0.25) is 0 Å². The highest BCUT2D eigenvalue weighted by Gasteiger charge is 2.02. The number of rotatable bonds is 3. The smallest absolute Gasteiger partial charge is 0.251 e. The molecule has 1 aromatic heterocycles. The van der Waals surface area contributed by atoms with Gasteiger partial charge < -0.3 is 4.74 Å². The Kier molecular flexibility index (Phi) is 3.45. The van der Waals surface area contributed by atoms with Crippen LogP contribution in [-0.4, -0.2) is 16.8 Å². The molecule has 0 amide bonds. The van der Waals surface area contributed by atoms with E-state index in [2.05, 4.69) is 10.2 Å². The summed E-state index contributed by atoms with van der Waals surface area (Å²) >= 11 is 0. The van der Waals surface area contributed by atoms with E-state index in [9.17, 15) is 0 Å². The molecule has 0 aliphatic carbocycles. The molecule has 66 valence electrons. The molecule has 0 bridgehead atoms. The molecular weight excluding hydrogens is 166 g/mol. The lowest BCUT2D eigenvalue weighted by atomic mass is 10.3. The van der Waals surface area contributed by atoms with E-state index in [0.717, 1.165) is 0 Å². The molecule has 0 fully saturated rings. The molecule has 0 spiro atoms. The summed E-state index contributed by atoms with van der Waals surface area (Å²) in [4.78, 5) is 0. The van der Waals surface area contributed by atoms with Crippen molar-refractivity contribution in [3.05, 3.63) is 30.0 Å². The average molecular weight is 175 g/mol. The van der Waals surface area contributed by atoms with Crippen LogP contribution in [0, 0.1) is 11.3 Å². The molecule has 4 nitrogen and oxygen atoms in total. The summed E-state index contributed by atoms with van der Waals surface area (Å²) in [6.45, 7) is 2.30. The van der Waals surface area contributed by atoms with Gasteiger partial charge in [0.15, 0.2) is 0 Å². The maximum atomic E-state index is 8.66. The van der Waals surface area contributed by atoms with Gasteiger partial charge >= 0.3 is 0 Å². The number of allylic oxidation sites excluding steroid dienone is 1. The highest BCUT2D eigenvalue weighted by atomic mass is 16.5. The third-order valence-electron chi connectivity index (χ3n) is 1.36. The molecule has 0 aromatic carbocycles. The number of hydrogen-bond donors (Lipinski definition) is 0. The molecule has 0 aliphatic rings. The molecule has 13 heavy (non-hydrogen) atoms. The van der Waals surface area contributed by atoms with Gasteiger partial charge in [0.25, 0.3) is 5.88 Å². The third-order valence-corrected chi connectivity index (χ3v) is 1.36. The topological polar surface area (TPSA) is 58.8 Å². The van der Waals surface area contributed by atoms with Gasteiger partial charge in [-0.05, 0) is 13.0 Å². The summed E-state index contributed by atoms with van der Waals surface area (Å²) in [6.07, 6.45) is 5.15. The number of nitrogens with zero attached hydrogens (tertiary/aromatic N) is 3. The van der Waals surface area contributed by atoms with Crippen LogP contribution in [0.15, 0.2) is 24.4 Å². The molecule has 0 saturated carbocycles. The predicted molar refractivity (Wildman–Crippen MR) is 47.1 cm³/mol. The fraction of sp³-hybridized carbons (Fsp3) is 0.222. The van der Waals surface area contributed by atoms with Crippen molar-refractivity contribution in [3.63, 3.8) is 0 Å². The van der Waals surface area contributed by atoms with Crippen LogP contribution in [0.3, 0.4) is 0 Å². The number of ether oxygens (including phenoxy) is 1. The Morgan fingerprint density at radius 1 is 1.69 bits per heavy atom.